The zero-order valence-corrected chi connectivity index (χ0v) is 10.3. The molecule has 0 bridgehead atoms. The maximum absolute atomic E-state index is 11.8. The molecule has 0 aromatic heterocycles. The first-order valence-electron chi connectivity index (χ1n) is 5.64. The predicted molar refractivity (Wildman–Crippen MR) is 63.9 cm³/mol. The lowest BCUT2D eigenvalue weighted by Crippen LogP contribution is -2.54. The molecule has 2 atom stereocenters. The topological polar surface area (TPSA) is 81.7 Å². The lowest BCUT2D eigenvalue weighted by molar-refractivity contribution is -0.134. The van der Waals surface area contributed by atoms with Crippen molar-refractivity contribution in [2.45, 2.75) is 25.0 Å². The van der Waals surface area contributed by atoms with E-state index in [2.05, 4.69) is 10.6 Å². The van der Waals surface area contributed by atoms with Crippen LogP contribution in [0.1, 0.15) is 12.8 Å². The summed E-state index contributed by atoms with van der Waals surface area (Å²) in [6.07, 6.45) is 0.409. The van der Waals surface area contributed by atoms with Gasteiger partial charge in [-0.05, 0) is 6.42 Å². The number of amides is 2. The minimum absolute atomic E-state index is 0. The lowest BCUT2D eigenvalue weighted by Gasteiger charge is -2.25. The minimum atomic E-state index is -0.418. The summed E-state index contributed by atoms with van der Waals surface area (Å²) >= 11 is 0. The molecule has 2 heterocycles. The zero-order chi connectivity index (χ0) is 11.5. The fourth-order valence-electron chi connectivity index (χ4n) is 2.08. The average molecular weight is 264 g/mol. The zero-order valence-electron chi connectivity index (χ0n) is 9.52. The van der Waals surface area contributed by atoms with Gasteiger partial charge in [0.25, 0.3) is 0 Å². The van der Waals surface area contributed by atoms with E-state index in [0.717, 1.165) is 0 Å². The van der Waals surface area contributed by atoms with Crippen LogP contribution < -0.4 is 10.6 Å². The van der Waals surface area contributed by atoms with Crippen molar-refractivity contribution in [1.82, 2.24) is 15.5 Å². The normalized spacial score (nSPS) is 28.5. The van der Waals surface area contributed by atoms with E-state index in [-0.39, 0.29) is 30.6 Å². The van der Waals surface area contributed by atoms with Gasteiger partial charge < -0.3 is 20.6 Å². The van der Waals surface area contributed by atoms with Gasteiger partial charge in [0.15, 0.2) is 0 Å². The molecule has 98 valence electrons. The molecule has 3 N–H and O–H groups in total. The Morgan fingerprint density at radius 3 is 2.82 bits per heavy atom. The number of piperazine rings is 1. The Kier molecular flexibility index (Phi) is 5.17. The Morgan fingerprint density at radius 2 is 2.24 bits per heavy atom. The quantitative estimate of drug-likeness (QED) is 0.565. The molecule has 0 aromatic carbocycles. The number of likely N-dealkylation sites (tertiary alicyclic amines) is 1. The van der Waals surface area contributed by atoms with Crippen LogP contribution in [-0.2, 0) is 9.59 Å². The van der Waals surface area contributed by atoms with Gasteiger partial charge >= 0.3 is 0 Å². The maximum Gasteiger partial charge on any atom is 0.237 e. The first kappa shape index (κ1) is 14.2. The number of rotatable bonds is 2. The maximum atomic E-state index is 11.8. The first-order chi connectivity index (χ1) is 7.66. The summed E-state index contributed by atoms with van der Waals surface area (Å²) in [6, 6.07) is -0.418. The Morgan fingerprint density at radius 1 is 1.47 bits per heavy atom. The second kappa shape index (κ2) is 6.18. The van der Waals surface area contributed by atoms with E-state index in [0.29, 0.717) is 32.6 Å². The van der Waals surface area contributed by atoms with Crippen LogP contribution in [0, 0.1) is 0 Å². The van der Waals surface area contributed by atoms with Gasteiger partial charge in [-0.3, -0.25) is 9.59 Å². The van der Waals surface area contributed by atoms with Crippen LogP contribution in [0.4, 0.5) is 0 Å². The highest BCUT2D eigenvalue weighted by Gasteiger charge is 2.29. The number of carbonyl (C=O) groups excluding carboxylic acids is 2. The van der Waals surface area contributed by atoms with Crippen LogP contribution in [0.25, 0.3) is 0 Å². The summed E-state index contributed by atoms with van der Waals surface area (Å²) < 4.78 is 0. The van der Waals surface area contributed by atoms with Crippen LogP contribution in [-0.4, -0.2) is 60.1 Å². The van der Waals surface area contributed by atoms with Crippen molar-refractivity contribution in [3.8, 4) is 0 Å². The van der Waals surface area contributed by atoms with Crippen molar-refractivity contribution in [3.63, 3.8) is 0 Å². The molecular weight excluding hydrogens is 246 g/mol. The Balaban J connectivity index is 0.00000144. The number of aliphatic hydroxyl groups is 1. The molecule has 2 saturated heterocycles. The molecule has 2 fully saturated rings. The molecule has 0 aliphatic carbocycles. The largest absolute Gasteiger partial charge is 0.391 e. The minimum Gasteiger partial charge on any atom is -0.391 e. The van der Waals surface area contributed by atoms with Gasteiger partial charge in [-0.15, -0.1) is 12.4 Å². The Bertz CT molecular complexity index is 301. The highest BCUT2D eigenvalue weighted by atomic mass is 35.5. The highest BCUT2D eigenvalue weighted by molar-refractivity contribution is 5.88. The van der Waals surface area contributed by atoms with E-state index in [1.165, 1.54) is 0 Å². The third kappa shape index (κ3) is 3.55. The standard InChI is InChI=1S/C10H17N3O3.ClH/c14-7-1-4-13(6-7)9(15)5-8-10(16)12-3-2-11-8;/h7-8,11,14H,1-6H2,(H,12,16);1H. The smallest absolute Gasteiger partial charge is 0.237 e. The first-order valence-corrected chi connectivity index (χ1v) is 5.64. The Labute approximate surface area is 106 Å². The molecule has 7 heteroatoms. The van der Waals surface area contributed by atoms with E-state index >= 15 is 0 Å². The molecule has 0 spiro atoms. The summed E-state index contributed by atoms with van der Waals surface area (Å²) in [7, 11) is 0. The monoisotopic (exact) mass is 263 g/mol. The number of halogens is 1. The van der Waals surface area contributed by atoms with Crippen LogP contribution in [0.2, 0.25) is 0 Å². The van der Waals surface area contributed by atoms with E-state index in [1.54, 1.807) is 4.90 Å². The van der Waals surface area contributed by atoms with Crippen LogP contribution >= 0.6 is 12.4 Å². The summed E-state index contributed by atoms with van der Waals surface area (Å²) in [5.41, 5.74) is 0. The average Bonchev–Trinajstić information content (AvgIpc) is 2.68. The van der Waals surface area contributed by atoms with Crippen molar-refractivity contribution >= 4 is 24.2 Å². The fourth-order valence-corrected chi connectivity index (χ4v) is 2.08. The van der Waals surface area contributed by atoms with E-state index < -0.39 is 12.1 Å². The Hall–Kier alpha value is -0.850. The van der Waals surface area contributed by atoms with Gasteiger partial charge in [0.05, 0.1) is 18.6 Å². The molecule has 0 aromatic rings. The molecule has 2 unspecified atom stereocenters. The molecule has 6 nitrogen and oxygen atoms in total. The number of nitrogens with one attached hydrogen (secondary N) is 2. The number of nitrogens with zero attached hydrogens (tertiary/aromatic N) is 1. The molecular formula is C10H18ClN3O3. The van der Waals surface area contributed by atoms with Crippen molar-refractivity contribution in [1.29, 1.82) is 0 Å². The van der Waals surface area contributed by atoms with Crippen molar-refractivity contribution < 1.29 is 14.7 Å². The van der Waals surface area contributed by atoms with Crippen molar-refractivity contribution in [2.24, 2.45) is 0 Å². The fraction of sp³-hybridized carbons (Fsp3) is 0.800. The summed E-state index contributed by atoms with van der Waals surface area (Å²) in [4.78, 5) is 24.8. The van der Waals surface area contributed by atoms with Gasteiger partial charge in [-0.25, -0.2) is 0 Å². The van der Waals surface area contributed by atoms with Gasteiger partial charge in [0.1, 0.15) is 0 Å². The van der Waals surface area contributed by atoms with Crippen molar-refractivity contribution in [2.75, 3.05) is 26.2 Å². The van der Waals surface area contributed by atoms with Crippen molar-refractivity contribution in [3.05, 3.63) is 0 Å². The van der Waals surface area contributed by atoms with Gasteiger partial charge in [0.2, 0.25) is 11.8 Å². The SMILES string of the molecule is Cl.O=C1NCCNC1CC(=O)N1CCC(O)C1. The third-order valence-electron chi connectivity index (χ3n) is 3.03. The third-order valence-corrected chi connectivity index (χ3v) is 3.03. The van der Waals surface area contributed by atoms with Crippen LogP contribution in [0.15, 0.2) is 0 Å². The molecule has 2 aliphatic rings. The van der Waals surface area contributed by atoms with E-state index in [1.807, 2.05) is 0 Å². The predicted octanol–water partition coefficient (Wildman–Crippen LogP) is -1.52. The second-order valence-corrected chi connectivity index (χ2v) is 4.28. The van der Waals surface area contributed by atoms with E-state index in [4.69, 9.17) is 0 Å². The van der Waals surface area contributed by atoms with Gasteiger partial charge in [-0.1, -0.05) is 0 Å². The number of aliphatic hydroxyl groups excluding tert-OH is 1. The second-order valence-electron chi connectivity index (χ2n) is 4.28. The molecule has 17 heavy (non-hydrogen) atoms. The number of hydrogen-bond acceptors (Lipinski definition) is 4. The molecule has 0 radical (unpaired) electrons. The molecule has 2 amide bonds. The summed E-state index contributed by atoms with van der Waals surface area (Å²) in [5, 5.41) is 15.0. The molecule has 2 rings (SSSR count). The summed E-state index contributed by atoms with van der Waals surface area (Å²) in [5.74, 6) is -0.176. The number of β-amino-alcohol motifs (C(OH)–C–C–N with tert-alkyl or cyclic N) is 1. The lowest BCUT2D eigenvalue weighted by atomic mass is 10.1. The van der Waals surface area contributed by atoms with Crippen LogP contribution in [0.5, 0.6) is 0 Å². The molecule has 2 aliphatic heterocycles. The summed E-state index contributed by atoms with van der Waals surface area (Å²) in [6.45, 7) is 2.31. The van der Waals surface area contributed by atoms with Crippen LogP contribution in [0.3, 0.4) is 0 Å². The number of carbonyl (C=O) groups is 2. The molecule has 0 saturated carbocycles. The highest BCUT2D eigenvalue weighted by Crippen LogP contribution is 2.11. The number of hydrogen-bond donors (Lipinski definition) is 3. The van der Waals surface area contributed by atoms with Gasteiger partial charge in [-0.2, -0.15) is 0 Å². The van der Waals surface area contributed by atoms with Gasteiger partial charge in [0, 0.05) is 26.2 Å². The van der Waals surface area contributed by atoms with E-state index in [9.17, 15) is 14.7 Å².